The monoisotopic (exact) mass is 370 g/mol. The summed E-state index contributed by atoms with van der Waals surface area (Å²) in [6.45, 7) is 7.17. The van der Waals surface area contributed by atoms with E-state index in [-0.39, 0.29) is 0 Å². The maximum atomic E-state index is 11.2. The Morgan fingerprint density at radius 3 is 1.75 bits per heavy atom. The van der Waals surface area contributed by atoms with Gasteiger partial charge in [0.2, 0.25) is 0 Å². The minimum absolute atomic E-state index is 0.361. The van der Waals surface area contributed by atoms with E-state index in [4.69, 9.17) is 0 Å². The second-order valence-electron chi connectivity index (χ2n) is 9.31. The van der Waals surface area contributed by atoms with Gasteiger partial charge in [-0.1, -0.05) is 81.4 Å². The van der Waals surface area contributed by atoms with Crippen molar-refractivity contribution in [1.29, 1.82) is 0 Å². The molecule has 1 nitrogen and oxygen atoms in total. The molecule has 3 aromatic carbocycles. The van der Waals surface area contributed by atoms with Crippen LogP contribution in [0, 0.1) is 11.3 Å². The number of aromatic hydroxyl groups is 1. The summed E-state index contributed by atoms with van der Waals surface area (Å²) in [5.74, 6) is 1.64. The van der Waals surface area contributed by atoms with E-state index in [1.807, 2.05) is 36.4 Å². The molecule has 1 N–H and O–H groups in total. The number of phenolic OH excluding ortho intramolecular Hbond substituents is 1. The first-order chi connectivity index (χ1) is 13.4. The van der Waals surface area contributed by atoms with E-state index >= 15 is 0 Å². The molecule has 0 amide bonds. The SMILES string of the molecule is CC1CC(c2cc(-c3ccccc3)c(O)c(-c3ccccc3)c2)CC(C)(C)C1. The van der Waals surface area contributed by atoms with E-state index < -0.39 is 0 Å². The second kappa shape index (κ2) is 7.47. The number of hydrogen-bond acceptors (Lipinski definition) is 1. The summed E-state index contributed by atoms with van der Waals surface area (Å²) in [7, 11) is 0. The maximum Gasteiger partial charge on any atom is 0.131 e. The highest BCUT2D eigenvalue weighted by molar-refractivity contribution is 5.83. The summed E-state index contributed by atoms with van der Waals surface area (Å²) < 4.78 is 0. The Hall–Kier alpha value is -2.54. The Bertz CT molecular complexity index is 880. The zero-order chi connectivity index (χ0) is 19.7. The summed E-state index contributed by atoms with van der Waals surface area (Å²) in [6, 6.07) is 25.0. The molecule has 1 saturated carbocycles. The van der Waals surface area contributed by atoms with Crippen molar-refractivity contribution in [3.8, 4) is 28.0 Å². The van der Waals surface area contributed by atoms with Gasteiger partial charge in [-0.2, -0.15) is 0 Å². The van der Waals surface area contributed by atoms with Crippen molar-refractivity contribution < 1.29 is 5.11 Å². The van der Waals surface area contributed by atoms with Gasteiger partial charge in [-0.05, 0) is 65.3 Å². The lowest BCUT2D eigenvalue weighted by molar-refractivity contribution is 0.168. The highest BCUT2D eigenvalue weighted by atomic mass is 16.3. The zero-order valence-electron chi connectivity index (χ0n) is 17.2. The molecule has 4 rings (SSSR count). The second-order valence-corrected chi connectivity index (χ2v) is 9.31. The summed E-state index contributed by atoms with van der Waals surface area (Å²) >= 11 is 0. The van der Waals surface area contributed by atoms with Crippen LogP contribution < -0.4 is 0 Å². The highest BCUT2D eigenvalue weighted by Crippen LogP contribution is 2.48. The molecule has 0 radical (unpaired) electrons. The molecule has 3 aromatic rings. The van der Waals surface area contributed by atoms with Crippen LogP contribution >= 0.6 is 0 Å². The van der Waals surface area contributed by atoms with Crippen molar-refractivity contribution in [1.82, 2.24) is 0 Å². The first-order valence-corrected chi connectivity index (χ1v) is 10.4. The molecule has 0 aromatic heterocycles. The van der Waals surface area contributed by atoms with Crippen LogP contribution in [0.4, 0.5) is 0 Å². The fourth-order valence-electron chi connectivity index (χ4n) is 5.17. The molecular weight excluding hydrogens is 340 g/mol. The fraction of sp³-hybridized carbons (Fsp3) is 0.333. The van der Waals surface area contributed by atoms with E-state index in [0.717, 1.165) is 28.2 Å². The van der Waals surface area contributed by atoms with Gasteiger partial charge in [0.05, 0.1) is 0 Å². The largest absolute Gasteiger partial charge is 0.507 e. The van der Waals surface area contributed by atoms with Gasteiger partial charge in [0.1, 0.15) is 5.75 Å². The van der Waals surface area contributed by atoms with Crippen LogP contribution in [0.2, 0.25) is 0 Å². The van der Waals surface area contributed by atoms with Crippen LogP contribution in [0.3, 0.4) is 0 Å². The van der Waals surface area contributed by atoms with Crippen molar-refractivity contribution >= 4 is 0 Å². The predicted molar refractivity (Wildman–Crippen MR) is 119 cm³/mol. The normalized spacial score (nSPS) is 21.4. The average molecular weight is 371 g/mol. The first kappa shape index (κ1) is 18.8. The van der Waals surface area contributed by atoms with E-state index in [1.165, 1.54) is 24.8 Å². The molecular formula is C27H30O. The molecule has 0 saturated heterocycles. The Balaban J connectivity index is 1.87. The van der Waals surface area contributed by atoms with Gasteiger partial charge in [-0.15, -0.1) is 0 Å². The molecule has 0 aliphatic heterocycles. The van der Waals surface area contributed by atoms with Crippen molar-refractivity contribution in [2.45, 2.75) is 46.0 Å². The molecule has 1 aliphatic carbocycles. The van der Waals surface area contributed by atoms with Gasteiger partial charge < -0.3 is 5.11 Å². The van der Waals surface area contributed by atoms with Crippen LogP contribution in [0.15, 0.2) is 72.8 Å². The molecule has 1 fully saturated rings. The van der Waals surface area contributed by atoms with E-state index in [2.05, 4.69) is 57.2 Å². The van der Waals surface area contributed by atoms with Crippen molar-refractivity contribution in [2.24, 2.45) is 11.3 Å². The molecule has 144 valence electrons. The quantitative estimate of drug-likeness (QED) is 0.502. The number of phenols is 1. The molecule has 1 heteroatoms. The minimum atomic E-state index is 0.361. The Morgan fingerprint density at radius 2 is 1.29 bits per heavy atom. The number of rotatable bonds is 3. The smallest absolute Gasteiger partial charge is 0.131 e. The zero-order valence-corrected chi connectivity index (χ0v) is 17.2. The van der Waals surface area contributed by atoms with Crippen LogP contribution in [-0.4, -0.2) is 5.11 Å². The molecule has 0 spiro atoms. The third kappa shape index (κ3) is 3.85. The van der Waals surface area contributed by atoms with Crippen LogP contribution in [0.5, 0.6) is 5.75 Å². The topological polar surface area (TPSA) is 20.2 Å². The van der Waals surface area contributed by atoms with Gasteiger partial charge >= 0.3 is 0 Å². The third-order valence-corrected chi connectivity index (χ3v) is 6.16. The van der Waals surface area contributed by atoms with Crippen molar-refractivity contribution in [3.63, 3.8) is 0 Å². The van der Waals surface area contributed by atoms with E-state index in [1.54, 1.807) is 0 Å². The molecule has 1 aliphatic rings. The summed E-state index contributed by atoms with van der Waals surface area (Å²) in [4.78, 5) is 0. The number of benzene rings is 3. The van der Waals surface area contributed by atoms with Crippen LogP contribution in [-0.2, 0) is 0 Å². The third-order valence-electron chi connectivity index (χ3n) is 6.16. The maximum absolute atomic E-state index is 11.2. The molecule has 0 bridgehead atoms. The Kier molecular flexibility index (Phi) is 5.02. The summed E-state index contributed by atoms with van der Waals surface area (Å²) in [5, 5.41) is 11.2. The summed E-state index contributed by atoms with van der Waals surface area (Å²) in [6.07, 6.45) is 3.71. The van der Waals surface area contributed by atoms with Gasteiger partial charge in [0, 0.05) is 11.1 Å². The molecule has 2 unspecified atom stereocenters. The van der Waals surface area contributed by atoms with E-state index in [9.17, 15) is 5.11 Å². The Labute approximate surface area is 169 Å². The molecule has 0 heterocycles. The van der Waals surface area contributed by atoms with E-state index in [0.29, 0.717) is 17.1 Å². The predicted octanol–water partition coefficient (Wildman–Crippen LogP) is 7.66. The summed E-state index contributed by atoms with van der Waals surface area (Å²) in [5.41, 5.74) is 5.74. The van der Waals surface area contributed by atoms with Crippen molar-refractivity contribution in [3.05, 3.63) is 78.4 Å². The molecule has 28 heavy (non-hydrogen) atoms. The highest BCUT2D eigenvalue weighted by Gasteiger charge is 2.33. The molecule has 2 atom stereocenters. The number of hydrogen-bond donors (Lipinski definition) is 1. The Morgan fingerprint density at radius 1 is 0.786 bits per heavy atom. The van der Waals surface area contributed by atoms with Gasteiger partial charge in [-0.25, -0.2) is 0 Å². The fourth-order valence-corrected chi connectivity index (χ4v) is 5.17. The van der Waals surface area contributed by atoms with Crippen molar-refractivity contribution in [2.75, 3.05) is 0 Å². The van der Waals surface area contributed by atoms with Gasteiger partial charge in [0.25, 0.3) is 0 Å². The lowest BCUT2D eigenvalue weighted by atomic mass is 9.66. The lowest BCUT2D eigenvalue weighted by Crippen LogP contribution is -2.26. The standard InChI is InChI=1S/C27H30O/c1-19-14-23(18-27(2,3)17-19)22-15-24(20-10-6-4-7-11-20)26(28)25(16-22)21-12-8-5-9-13-21/h4-13,15-16,19,23,28H,14,17-18H2,1-3H3. The van der Waals surface area contributed by atoms with Crippen LogP contribution in [0.1, 0.15) is 51.5 Å². The average Bonchev–Trinajstić information content (AvgIpc) is 2.68. The van der Waals surface area contributed by atoms with Gasteiger partial charge in [-0.3, -0.25) is 0 Å². The first-order valence-electron chi connectivity index (χ1n) is 10.4. The van der Waals surface area contributed by atoms with Crippen LogP contribution in [0.25, 0.3) is 22.3 Å². The van der Waals surface area contributed by atoms with Gasteiger partial charge in [0.15, 0.2) is 0 Å². The minimum Gasteiger partial charge on any atom is -0.507 e. The lowest BCUT2D eigenvalue weighted by Gasteiger charge is -2.39.